The van der Waals surface area contributed by atoms with Crippen molar-refractivity contribution >= 4 is 11.6 Å². The van der Waals surface area contributed by atoms with E-state index >= 15 is 0 Å². The second-order valence-electron chi connectivity index (χ2n) is 6.28. The molecule has 1 saturated heterocycles. The highest BCUT2D eigenvalue weighted by molar-refractivity contribution is 6.32. The molecule has 0 amide bonds. The summed E-state index contributed by atoms with van der Waals surface area (Å²) < 4.78 is 16.3. The minimum absolute atomic E-state index is 0.406. The summed E-state index contributed by atoms with van der Waals surface area (Å²) in [5, 5.41) is 4.17. The van der Waals surface area contributed by atoms with Crippen molar-refractivity contribution in [1.82, 2.24) is 5.32 Å². The van der Waals surface area contributed by atoms with Crippen molar-refractivity contribution in [2.24, 2.45) is 5.92 Å². The Balaban J connectivity index is 1.85. The lowest BCUT2D eigenvalue weighted by atomic mass is 9.84. The molecule has 1 aliphatic rings. The van der Waals surface area contributed by atoms with Gasteiger partial charge >= 0.3 is 0 Å². The molecule has 0 aliphatic carbocycles. The molecule has 1 fully saturated rings. The predicted octanol–water partition coefficient (Wildman–Crippen LogP) is 3.91. The summed E-state index contributed by atoms with van der Waals surface area (Å²) in [6.45, 7) is 1.91. The fourth-order valence-electron chi connectivity index (χ4n) is 3.65. The number of benzene rings is 2. The van der Waals surface area contributed by atoms with Crippen LogP contribution in [0.1, 0.15) is 17.0 Å². The van der Waals surface area contributed by atoms with Gasteiger partial charge in [0.2, 0.25) is 0 Å². The average molecular weight is 362 g/mol. The molecule has 2 unspecified atom stereocenters. The standard InChI is InChI=1S/C20H24ClNO3/c1-23-18-8-7-13(10-19(18)24-2)16-12-22-11-15(16)9-14-5-4-6-17(21)20(14)25-3/h4-8,10,15-16,22H,9,11-12H2,1-3H3. The highest BCUT2D eigenvalue weighted by Crippen LogP contribution is 2.38. The van der Waals surface area contributed by atoms with E-state index in [1.165, 1.54) is 5.56 Å². The first-order valence-electron chi connectivity index (χ1n) is 8.42. The second kappa shape index (κ2) is 7.98. The van der Waals surface area contributed by atoms with Crippen LogP contribution in [0, 0.1) is 5.92 Å². The van der Waals surface area contributed by atoms with Crippen LogP contribution in [-0.4, -0.2) is 34.4 Å². The normalized spacial score (nSPS) is 19.7. The van der Waals surface area contributed by atoms with Crippen LogP contribution >= 0.6 is 11.6 Å². The summed E-state index contributed by atoms with van der Waals surface area (Å²) in [7, 11) is 5.00. The maximum atomic E-state index is 6.27. The molecule has 2 aromatic rings. The minimum Gasteiger partial charge on any atom is -0.495 e. The summed E-state index contributed by atoms with van der Waals surface area (Å²) in [5.74, 6) is 3.17. The second-order valence-corrected chi connectivity index (χ2v) is 6.68. The van der Waals surface area contributed by atoms with E-state index in [4.69, 9.17) is 25.8 Å². The number of hydrogen-bond acceptors (Lipinski definition) is 4. The number of halogens is 1. The monoisotopic (exact) mass is 361 g/mol. The molecule has 0 spiro atoms. The van der Waals surface area contributed by atoms with Crippen LogP contribution in [0.25, 0.3) is 0 Å². The van der Waals surface area contributed by atoms with Crippen molar-refractivity contribution in [1.29, 1.82) is 0 Å². The molecule has 134 valence electrons. The molecule has 2 atom stereocenters. The number of ether oxygens (including phenoxy) is 3. The molecule has 0 bridgehead atoms. The summed E-state index contributed by atoms with van der Waals surface area (Å²) in [6, 6.07) is 12.1. The molecule has 0 radical (unpaired) electrons. The number of methoxy groups -OCH3 is 3. The Morgan fingerprint density at radius 1 is 1.00 bits per heavy atom. The number of hydrogen-bond donors (Lipinski definition) is 1. The highest BCUT2D eigenvalue weighted by atomic mass is 35.5. The number of nitrogens with one attached hydrogen (secondary N) is 1. The fourth-order valence-corrected chi connectivity index (χ4v) is 3.92. The van der Waals surface area contributed by atoms with Gasteiger partial charge in [0.05, 0.1) is 26.4 Å². The Kier molecular flexibility index (Phi) is 5.71. The predicted molar refractivity (Wildman–Crippen MR) is 100 cm³/mol. The third kappa shape index (κ3) is 3.70. The van der Waals surface area contributed by atoms with Gasteiger partial charge in [-0.3, -0.25) is 0 Å². The summed E-state index contributed by atoms with van der Waals surface area (Å²) in [5.41, 5.74) is 2.41. The van der Waals surface area contributed by atoms with Crippen LogP contribution in [0.5, 0.6) is 17.2 Å². The van der Waals surface area contributed by atoms with Crippen molar-refractivity contribution in [3.63, 3.8) is 0 Å². The lowest BCUT2D eigenvalue weighted by molar-refractivity contribution is 0.353. The van der Waals surface area contributed by atoms with Crippen LogP contribution in [0.3, 0.4) is 0 Å². The van der Waals surface area contributed by atoms with Gasteiger partial charge in [-0.25, -0.2) is 0 Å². The molecule has 5 heteroatoms. The summed E-state index contributed by atoms with van der Waals surface area (Å²) in [6.07, 6.45) is 0.912. The Morgan fingerprint density at radius 2 is 1.80 bits per heavy atom. The van der Waals surface area contributed by atoms with Crippen molar-refractivity contribution in [3.05, 3.63) is 52.5 Å². The zero-order chi connectivity index (χ0) is 17.8. The number of para-hydroxylation sites is 1. The van der Waals surface area contributed by atoms with E-state index in [9.17, 15) is 0 Å². The zero-order valence-electron chi connectivity index (χ0n) is 14.8. The molecule has 3 rings (SSSR count). The van der Waals surface area contributed by atoms with Gasteiger partial charge in [0.1, 0.15) is 5.75 Å². The first-order valence-corrected chi connectivity index (χ1v) is 8.79. The molecular formula is C20H24ClNO3. The maximum absolute atomic E-state index is 6.27. The Hall–Kier alpha value is -1.91. The molecule has 25 heavy (non-hydrogen) atoms. The van der Waals surface area contributed by atoms with E-state index in [1.54, 1.807) is 21.3 Å². The van der Waals surface area contributed by atoms with E-state index in [0.717, 1.165) is 42.3 Å². The average Bonchev–Trinajstić information content (AvgIpc) is 3.09. The van der Waals surface area contributed by atoms with Crippen molar-refractivity contribution in [2.45, 2.75) is 12.3 Å². The van der Waals surface area contributed by atoms with Crippen LogP contribution in [0.15, 0.2) is 36.4 Å². The topological polar surface area (TPSA) is 39.7 Å². The van der Waals surface area contributed by atoms with E-state index in [2.05, 4.69) is 23.5 Å². The van der Waals surface area contributed by atoms with Gasteiger partial charge in [0.25, 0.3) is 0 Å². The molecule has 2 aromatic carbocycles. The maximum Gasteiger partial charge on any atom is 0.160 e. The van der Waals surface area contributed by atoms with E-state index in [0.29, 0.717) is 16.9 Å². The molecule has 0 saturated carbocycles. The molecule has 1 heterocycles. The Labute approximate surface area is 154 Å². The molecule has 0 aromatic heterocycles. The van der Waals surface area contributed by atoms with E-state index in [-0.39, 0.29) is 0 Å². The zero-order valence-corrected chi connectivity index (χ0v) is 15.6. The third-order valence-corrected chi connectivity index (χ3v) is 5.21. The van der Waals surface area contributed by atoms with Crippen LogP contribution in [0.2, 0.25) is 5.02 Å². The van der Waals surface area contributed by atoms with Crippen molar-refractivity contribution < 1.29 is 14.2 Å². The SMILES string of the molecule is COc1ccc(C2CNCC2Cc2cccc(Cl)c2OC)cc1OC. The molecule has 1 N–H and O–H groups in total. The van der Waals surface area contributed by atoms with Gasteiger partial charge in [-0.15, -0.1) is 0 Å². The number of rotatable bonds is 6. The first-order chi connectivity index (χ1) is 12.2. The van der Waals surface area contributed by atoms with Crippen LogP contribution < -0.4 is 19.5 Å². The van der Waals surface area contributed by atoms with Crippen molar-refractivity contribution in [3.8, 4) is 17.2 Å². The molecule has 4 nitrogen and oxygen atoms in total. The lowest BCUT2D eigenvalue weighted by Gasteiger charge is -2.21. The smallest absolute Gasteiger partial charge is 0.160 e. The Bertz CT molecular complexity index is 735. The van der Waals surface area contributed by atoms with Crippen LogP contribution in [-0.2, 0) is 6.42 Å². The van der Waals surface area contributed by atoms with Crippen molar-refractivity contribution in [2.75, 3.05) is 34.4 Å². The van der Waals surface area contributed by atoms with Gasteiger partial charge < -0.3 is 19.5 Å². The van der Waals surface area contributed by atoms with Gasteiger partial charge in [-0.2, -0.15) is 0 Å². The summed E-state index contributed by atoms with van der Waals surface area (Å²) in [4.78, 5) is 0. The lowest BCUT2D eigenvalue weighted by Crippen LogP contribution is -2.14. The van der Waals surface area contributed by atoms with E-state index in [1.807, 2.05) is 18.2 Å². The van der Waals surface area contributed by atoms with Gasteiger partial charge in [-0.1, -0.05) is 29.8 Å². The Morgan fingerprint density at radius 3 is 2.52 bits per heavy atom. The van der Waals surface area contributed by atoms with Gasteiger partial charge in [0, 0.05) is 12.5 Å². The highest BCUT2D eigenvalue weighted by Gasteiger charge is 2.30. The largest absolute Gasteiger partial charge is 0.495 e. The van der Waals surface area contributed by atoms with Gasteiger partial charge in [0.15, 0.2) is 11.5 Å². The quantitative estimate of drug-likeness (QED) is 0.846. The van der Waals surface area contributed by atoms with Crippen LogP contribution in [0.4, 0.5) is 0 Å². The minimum atomic E-state index is 0.406. The van der Waals surface area contributed by atoms with E-state index < -0.39 is 0 Å². The fraction of sp³-hybridized carbons (Fsp3) is 0.400. The molecular weight excluding hydrogens is 338 g/mol. The van der Waals surface area contributed by atoms with Gasteiger partial charge in [-0.05, 0) is 48.2 Å². The third-order valence-electron chi connectivity index (χ3n) is 4.91. The summed E-state index contributed by atoms with van der Waals surface area (Å²) >= 11 is 6.27. The molecule has 1 aliphatic heterocycles. The first kappa shape index (κ1) is 17.9.